The number of nitrogen functional groups attached to an aromatic ring is 1. The number of rotatable bonds is 9. The topological polar surface area (TPSA) is 153 Å². The van der Waals surface area contributed by atoms with Crippen LogP contribution < -0.4 is 15.4 Å². The Balaban J connectivity index is 1.12. The monoisotopic (exact) mass is 580 g/mol. The molecule has 0 bridgehead atoms. The average Bonchev–Trinajstić information content (AvgIpc) is 3.62. The van der Waals surface area contributed by atoms with Crippen LogP contribution >= 0.6 is 0 Å². The fourth-order valence-corrected chi connectivity index (χ4v) is 5.22. The molecule has 2 N–H and O–H groups in total. The first-order chi connectivity index (χ1) is 20.9. The number of carbonyl (C=O) groups is 1. The van der Waals surface area contributed by atoms with Gasteiger partial charge in [-0.1, -0.05) is 6.07 Å². The number of nitrogens with zero attached hydrogens (tertiary/aromatic N) is 9. The summed E-state index contributed by atoms with van der Waals surface area (Å²) >= 11 is 0. The number of ether oxygens (including phenoxy) is 2. The molecule has 5 heterocycles. The number of hydrogen-bond donors (Lipinski definition) is 1. The van der Waals surface area contributed by atoms with Crippen molar-refractivity contribution >= 4 is 34.3 Å². The Morgan fingerprint density at radius 1 is 1.05 bits per heavy atom. The van der Waals surface area contributed by atoms with Crippen LogP contribution in [0, 0.1) is 18.3 Å². The smallest absolute Gasteiger partial charge is 0.344 e. The summed E-state index contributed by atoms with van der Waals surface area (Å²) < 4.78 is 13.8. The molecule has 1 aliphatic heterocycles. The lowest BCUT2D eigenvalue weighted by molar-refractivity contribution is -0.145. The molecule has 1 fully saturated rings. The van der Waals surface area contributed by atoms with Crippen LogP contribution in [0.3, 0.4) is 0 Å². The molecule has 1 aromatic carbocycles. The van der Waals surface area contributed by atoms with Gasteiger partial charge < -0.3 is 24.7 Å². The van der Waals surface area contributed by atoms with Crippen LogP contribution in [0.15, 0.2) is 48.7 Å². The molecule has 43 heavy (non-hydrogen) atoms. The van der Waals surface area contributed by atoms with Crippen molar-refractivity contribution in [2.75, 3.05) is 56.6 Å². The second kappa shape index (κ2) is 11.9. The van der Waals surface area contributed by atoms with Gasteiger partial charge in [0.1, 0.15) is 28.9 Å². The first-order valence-electron chi connectivity index (χ1n) is 14.2. The normalized spacial score (nSPS) is 13.8. The minimum absolute atomic E-state index is 0.103. The summed E-state index contributed by atoms with van der Waals surface area (Å²) in [6.07, 6.45) is 1.77. The quantitative estimate of drug-likeness (QED) is 0.256. The van der Waals surface area contributed by atoms with E-state index in [4.69, 9.17) is 20.2 Å². The Hall–Kier alpha value is -5.22. The summed E-state index contributed by atoms with van der Waals surface area (Å²) in [6, 6.07) is 15.7. The molecular formula is C30H32N10O3. The highest BCUT2D eigenvalue weighted by Crippen LogP contribution is 2.26. The molecular weight excluding hydrogens is 548 g/mol. The summed E-state index contributed by atoms with van der Waals surface area (Å²) in [6.45, 7) is 8.78. The molecule has 0 atom stereocenters. The van der Waals surface area contributed by atoms with Gasteiger partial charge in [0.05, 0.1) is 12.0 Å². The van der Waals surface area contributed by atoms with Crippen molar-refractivity contribution < 1.29 is 14.3 Å². The second-order valence-corrected chi connectivity index (χ2v) is 10.3. The Kier molecular flexibility index (Phi) is 7.76. The maximum absolute atomic E-state index is 11.5. The number of pyridine rings is 1. The van der Waals surface area contributed by atoms with Crippen LogP contribution in [0.4, 0.5) is 11.6 Å². The number of fused-ring (bicyclic) bond motifs is 3. The zero-order valence-electron chi connectivity index (χ0n) is 24.1. The SMILES string of the molecule is CCOC(=O)COc1ccc(N2CCN(CCn3c(C#N)cc4c3nc(N)n3nc(-c5ccc(C)cn5)nc43)CC2)cc1. The molecule has 0 saturated carbocycles. The number of benzene rings is 1. The lowest BCUT2D eigenvalue weighted by atomic mass is 10.2. The van der Waals surface area contributed by atoms with E-state index in [2.05, 4.69) is 30.9 Å². The predicted octanol–water partition coefficient (Wildman–Crippen LogP) is 2.67. The summed E-state index contributed by atoms with van der Waals surface area (Å²) in [7, 11) is 0. The molecule has 4 aromatic heterocycles. The van der Waals surface area contributed by atoms with Crippen LogP contribution in [-0.4, -0.2) is 85.9 Å². The fourth-order valence-electron chi connectivity index (χ4n) is 5.22. The summed E-state index contributed by atoms with van der Waals surface area (Å²) in [5.41, 5.74) is 10.7. The molecule has 0 aliphatic carbocycles. The number of carbonyl (C=O) groups excluding carboxylic acids is 1. The largest absolute Gasteiger partial charge is 0.482 e. The van der Waals surface area contributed by atoms with Crippen molar-refractivity contribution in [1.82, 2.24) is 34.0 Å². The summed E-state index contributed by atoms with van der Waals surface area (Å²) in [5, 5.41) is 15.2. The van der Waals surface area contributed by atoms with Crippen molar-refractivity contribution in [3.05, 3.63) is 59.9 Å². The number of aromatic nitrogens is 6. The van der Waals surface area contributed by atoms with Gasteiger partial charge in [-0.15, -0.1) is 5.10 Å². The van der Waals surface area contributed by atoms with Gasteiger partial charge in [-0.05, 0) is 55.8 Å². The van der Waals surface area contributed by atoms with E-state index in [9.17, 15) is 10.1 Å². The molecule has 5 aromatic rings. The van der Waals surface area contributed by atoms with Crippen molar-refractivity contribution in [3.8, 4) is 23.3 Å². The molecule has 13 heteroatoms. The molecule has 0 radical (unpaired) electrons. The van der Waals surface area contributed by atoms with Gasteiger partial charge in [-0.2, -0.15) is 14.8 Å². The van der Waals surface area contributed by atoms with E-state index in [0.29, 0.717) is 47.4 Å². The minimum Gasteiger partial charge on any atom is -0.482 e. The zero-order valence-corrected chi connectivity index (χ0v) is 24.1. The molecule has 0 spiro atoms. The van der Waals surface area contributed by atoms with Gasteiger partial charge in [0, 0.05) is 51.2 Å². The van der Waals surface area contributed by atoms with Crippen LogP contribution in [-0.2, 0) is 16.1 Å². The Labute approximate surface area is 248 Å². The van der Waals surface area contributed by atoms with Gasteiger partial charge in [-0.25, -0.2) is 9.78 Å². The highest BCUT2D eigenvalue weighted by Gasteiger charge is 2.21. The molecule has 0 unspecified atom stereocenters. The van der Waals surface area contributed by atoms with Crippen molar-refractivity contribution in [3.63, 3.8) is 0 Å². The van der Waals surface area contributed by atoms with Gasteiger partial charge >= 0.3 is 5.97 Å². The second-order valence-electron chi connectivity index (χ2n) is 10.3. The molecule has 13 nitrogen and oxygen atoms in total. The number of anilines is 2. The number of nitrogens with two attached hydrogens (primary N) is 1. The lowest BCUT2D eigenvalue weighted by Gasteiger charge is -2.36. The molecule has 0 amide bonds. The third-order valence-corrected chi connectivity index (χ3v) is 7.48. The van der Waals surface area contributed by atoms with Gasteiger partial charge in [-0.3, -0.25) is 9.88 Å². The average molecular weight is 581 g/mol. The van der Waals surface area contributed by atoms with Crippen LogP contribution in [0.25, 0.3) is 28.2 Å². The predicted molar refractivity (Wildman–Crippen MR) is 161 cm³/mol. The van der Waals surface area contributed by atoms with E-state index >= 15 is 0 Å². The zero-order chi connectivity index (χ0) is 29.9. The Bertz CT molecular complexity index is 1800. The third kappa shape index (κ3) is 5.77. The maximum atomic E-state index is 11.5. The highest BCUT2D eigenvalue weighted by molar-refractivity contribution is 5.93. The van der Waals surface area contributed by atoms with E-state index in [0.717, 1.165) is 49.4 Å². The van der Waals surface area contributed by atoms with Crippen LogP contribution in [0.2, 0.25) is 0 Å². The first-order valence-corrected chi connectivity index (χ1v) is 14.2. The van der Waals surface area contributed by atoms with Crippen molar-refractivity contribution in [1.29, 1.82) is 5.26 Å². The van der Waals surface area contributed by atoms with Crippen LogP contribution in [0.5, 0.6) is 5.75 Å². The highest BCUT2D eigenvalue weighted by atomic mass is 16.6. The molecule has 6 rings (SSSR count). The van der Waals surface area contributed by atoms with Gasteiger partial charge in [0.15, 0.2) is 12.3 Å². The molecule has 220 valence electrons. The van der Waals surface area contributed by atoms with Gasteiger partial charge in [0.2, 0.25) is 11.8 Å². The van der Waals surface area contributed by atoms with Crippen molar-refractivity contribution in [2.24, 2.45) is 0 Å². The maximum Gasteiger partial charge on any atom is 0.344 e. The lowest BCUT2D eigenvalue weighted by Crippen LogP contribution is -2.47. The number of hydrogen-bond acceptors (Lipinski definition) is 11. The van der Waals surface area contributed by atoms with Crippen LogP contribution in [0.1, 0.15) is 18.2 Å². The van der Waals surface area contributed by atoms with E-state index < -0.39 is 0 Å². The number of nitriles is 1. The minimum atomic E-state index is -0.381. The summed E-state index contributed by atoms with van der Waals surface area (Å²) in [4.78, 5) is 30.0. The number of aryl methyl sites for hydroxylation is 1. The van der Waals surface area contributed by atoms with E-state index in [-0.39, 0.29) is 18.5 Å². The van der Waals surface area contributed by atoms with Crippen molar-refractivity contribution in [2.45, 2.75) is 20.4 Å². The third-order valence-electron chi connectivity index (χ3n) is 7.48. The molecule has 1 saturated heterocycles. The van der Waals surface area contributed by atoms with E-state index in [1.165, 1.54) is 4.52 Å². The summed E-state index contributed by atoms with van der Waals surface area (Å²) in [5.74, 6) is 0.892. The fraction of sp³-hybridized carbons (Fsp3) is 0.333. The van der Waals surface area contributed by atoms with E-state index in [1.54, 1.807) is 19.2 Å². The first kappa shape index (κ1) is 27.9. The van der Waals surface area contributed by atoms with Gasteiger partial charge in [0.25, 0.3) is 0 Å². The van der Waals surface area contributed by atoms with E-state index in [1.807, 2.05) is 47.9 Å². The Morgan fingerprint density at radius 3 is 2.53 bits per heavy atom. The molecule has 1 aliphatic rings. The Morgan fingerprint density at radius 2 is 1.84 bits per heavy atom. The number of piperazine rings is 1. The number of esters is 1. The standard InChI is InChI=1S/C30H32N10O3/c1-3-42-26(41)19-43-23-7-5-21(6-8-23)38-13-10-37(11-14-38)12-15-39-22(17-31)16-24-28(39)35-30(32)40-29(24)34-27(36-40)25-9-4-20(2)18-33-25/h4-9,16,18H,3,10-15,19H2,1-2H3,(H2,32,35).